The average molecular weight is 297 g/mol. The van der Waals surface area contributed by atoms with Gasteiger partial charge < -0.3 is 15.2 Å². The van der Waals surface area contributed by atoms with Crippen LogP contribution in [0, 0.1) is 11.7 Å². The van der Waals surface area contributed by atoms with Crippen LogP contribution in [0.5, 0.6) is 5.75 Å². The molecule has 0 aliphatic carbocycles. The highest BCUT2D eigenvalue weighted by Crippen LogP contribution is 2.12. The number of aliphatic carboxylic acids is 1. The Labute approximate surface area is 123 Å². The monoisotopic (exact) mass is 297 g/mol. The molecule has 0 aliphatic heterocycles. The Morgan fingerprint density at radius 1 is 1.38 bits per heavy atom. The lowest BCUT2D eigenvalue weighted by molar-refractivity contribution is -0.142. The zero-order chi connectivity index (χ0) is 15.8. The van der Waals surface area contributed by atoms with E-state index in [0.717, 1.165) is 0 Å². The van der Waals surface area contributed by atoms with Crippen molar-refractivity contribution in [2.75, 3.05) is 6.61 Å². The number of ether oxygens (including phenoxy) is 1. The number of carboxylic acids is 1. The molecule has 1 aromatic rings. The second kappa shape index (κ2) is 8.24. The van der Waals surface area contributed by atoms with E-state index in [1.807, 2.05) is 13.8 Å². The van der Waals surface area contributed by atoms with Gasteiger partial charge in [-0.25, -0.2) is 9.18 Å². The van der Waals surface area contributed by atoms with Gasteiger partial charge in [0.05, 0.1) is 13.0 Å². The van der Waals surface area contributed by atoms with Gasteiger partial charge in [0.15, 0.2) is 0 Å². The quantitative estimate of drug-likeness (QED) is 0.771. The minimum atomic E-state index is -1.05. The Hall–Kier alpha value is -2.11. The van der Waals surface area contributed by atoms with Crippen molar-refractivity contribution in [3.8, 4) is 5.75 Å². The molecule has 0 spiro atoms. The van der Waals surface area contributed by atoms with Gasteiger partial charge >= 0.3 is 5.97 Å². The highest BCUT2D eigenvalue weighted by atomic mass is 19.1. The summed E-state index contributed by atoms with van der Waals surface area (Å²) in [6.07, 6.45) is 0.379. The molecule has 1 rings (SSSR count). The maximum atomic E-state index is 12.9. The summed E-state index contributed by atoms with van der Waals surface area (Å²) in [5, 5.41) is 11.5. The van der Waals surface area contributed by atoms with Crippen LogP contribution in [0.2, 0.25) is 0 Å². The van der Waals surface area contributed by atoms with Gasteiger partial charge in [0.1, 0.15) is 17.6 Å². The molecule has 1 aromatic carbocycles. The predicted octanol–water partition coefficient (Wildman–Crippen LogP) is 2.21. The molecule has 0 bridgehead atoms. The van der Waals surface area contributed by atoms with Crippen molar-refractivity contribution in [1.82, 2.24) is 5.32 Å². The van der Waals surface area contributed by atoms with Gasteiger partial charge in [0, 0.05) is 6.07 Å². The lowest BCUT2D eigenvalue weighted by Crippen LogP contribution is -2.42. The number of hydrogen-bond acceptors (Lipinski definition) is 3. The van der Waals surface area contributed by atoms with Crippen LogP contribution < -0.4 is 10.1 Å². The van der Waals surface area contributed by atoms with Crippen LogP contribution in [0.25, 0.3) is 0 Å². The van der Waals surface area contributed by atoms with Crippen LogP contribution in [-0.4, -0.2) is 29.6 Å². The predicted molar refractivity (Wildman–Crippen MR) is 75.5 cm³/mol. The Morgan fingerprint density at radius 3 is 2.67 bits per heavy atom. The number of nitrogens with one attached hydrogen (secondary N) is 1. The number of hydrogen-bond donors (Lipinski definition) is 2. The van der Waals surface area contributed by atoms with Crippen molar-refractivity contribution in [3.63, 3.8) is 0 Å². The largest absolute Gasteiger partial charge is 0.493 e. The van der Waals surface area contributed by atoms with Gasteiger partial charge in [0.2, 0.25) is 5.91 Å². The topological polar surface area (TPSA) is 75.6 Å². The lowest BCUT2D eigenvalue weighted by Gasteiger charge is -2.16. The SMILES string of the molecule is CC(C)CC(NC(=O)CCOc1cccc(F)c1)C(=O)O. The fourth-order valence-electron chi connectivity index (χ4n) is 1.78. The minimum Gasteiger partial charge on any atom is -0.493 e. The number of halogens is 1. The average Bonchev–Trinajstić information content (AvgIpc) is 2.37. The van der Waals surface area contributed by atoms with Crippen LogP contribution in [-0.2, 0) is 9.59 Å². The van der Waals surface area contributed by atoms with Gasteiger partial charge in [-0.15, -0.1) is 0 Å². The fraction of sp³-hybridized carbons (Fsp3) is 0.467. The first-order valence-corrected chi connectivity index (χ1v) is 6.79. The molecule has 0 aliphatic rings. The van der Waals surface area contributed by atoms with E-state index < -0.39 is 23.7 Å². The van der Waals surface area contributed by atoms with E-state index in [9.17, 15) is 14.0 Å². The van der Waals surface area contributed by atoms with E-state index >= 15 is 0 Å². The van der Waals surface area contributed by atoms with Crippen molar-refractivity contribution < 1.29 is 23.8 Å². The summed E-state index contributed by atoms with van der Waals surface area (Å²) in [7, 11) is 0. The van der Waals surface area contributed by atoms with Gasteiger partial charge in [-0.1, -0.05) is 19.9 Å². The van der Waals surface area contributed by atoms with Gasteiger partial charge in [-0.3, -0.25) is 4.79 Å². The van der Waals surface area contributed by atoms with Gasteiger partial charge in [0.25, 0.3) is 0 Å². The maximum absolute atomic E-state index is 12.9. The third-order valence-electron chi connectivity index (χ3n) is 2.73. The van der Waals surface area contributed by atoms with E-state index in [-0.39, 0.29) is 18.9 Å². The zero-order valence-electron chi connectivity index (χ0n) is 12.1. The molecule has 0 saturated heterocycles. The van der Waals surface area contributed by atoms with Crippen molar-refractivity contribution in [1.29, 1.82) is 0 Å². The maximum Gasteiger partial charge on any atom is 0.326 e. The second-order valence-electron chi connectivity index (χ2n) is 5.14. The normalized spacial score (nSPS) is 12.0. The van der Waals surface area contributed by atoms with E-state index in [1.165, 1.54) is 18.2 Å². The molecular weight excluding hydrogens is 277 g/mol. The van der Waals surface area contributed by atoms with Crippen LogP contribution in [0.1, 0.15) is 26.7 Å². The number of carbonyl (C=O) groups is 2. The summed E-state index contributed by atoms with van der Waals surface area (Å²) in [6, 6.07) is 4.71. The molecule has 2 N–H and O–H groups in total. The Balaban J connectivity index is 2.37. The first-order valence-electron chi connectivity index (χ1n) is 6.79. The summed E-state index contributed by atoms with van der Waals surface area (Å²) in [5.41, 5.74) is 0. The molecule has 0 heterocycles. The van der Waals surface area contributed by atoms with Crippen LogP contribution >= 0.6 is 0 Å². The molecule has 6 heteroatoms. The molecule has 1 atom stereocenters. The Morgan fingerprint density at radius 2 is 2.10 bits per heavy atom. The van der Waals surface area contributed by atoms with E-state index in [1.54, 1.807) is 6.07 Å². The highest BCUT2D eigenvalue weighted by Gasteiger charge is 2.20. The molecule has 1 unspecified atom stereocenters. The minimum absolute atomic E-state index is 0.0123. The highest BCUT2D eigenvalue weighted by molar-refractivity contribution is 5.83. The molecule has 21 heavy (non-hydrogen) atoms. The number of rotatable bonds is 8. The van der Waals surface area contributed by atoms with Crippen LogP contribution in [0.3, 0.4) is 0 Å². The standard InChI is InChI=1S/C15H20FNO4/c1-10(2)8-13(15(19)20)17-14(18)6-7-21-12-5-3-4-11(16)9-12/h3-5,9-10,13H,6-8H2,1-2H3,(H,17,18)(H,19,20). The smallest absolute Gasteiger partial charge is 0.326 e. The summed E-state index contributed by atoms with van der Waals surface area (Å²) < 4.78 is 18.1. The van der Waals surface area contributed by atoms with E-state index in [2.05, 4.69) is 5.32 Å². The van der Waals surface area contributed by atoms with Gasteiger partial charge in [-0.05, 0) is 24.5 Å². The Kier molecular flexibility index (Phi) is 6.65. The molecule has 0 fully saturated rings. The molecule has 116 valence electrons. The molecule has 1 amide bonds. The number of benzene rings is 1. The number of carbonyl (C=O) groups excluding carboxylic acids is 1. The molecule has 5 nitrogen and oxygen atoms in total. The summed E-state index contributed by atoms with van der Waals surface area (Å²) in [6.45, 7) is 3.83. The summed E-state index contributed by atoms with van der Waals surface area (Å²) in [4.78, 5) is 22.7. The molecule has 0 saturated carbocycles. The van der Waals surface area contributed by atoms with Crippen LogP contribution in [0.15, 0.2) is 24.3 Å². The van der Waals surface area contributed by atoms with Gasteiger partial charge in [-0.2, -0.15) is 0 Å². The third kappa shape index (κ3) is 6.74. The molecular formula is C15H20FNO4. The zero-order valence-corrected chi connectivity index (χ0v) is 12.1. The van der Waals surface area contributed by atoms with E-state index in [0.29, 0.717) is 12.2 Å². The summed E-state index contributed by atoms with van der Waals surface area (Å²) >= 11 is 0. The van der Waals surface area contributed by atoms with Crippen LogP contribution in [0.4, 0.5) is 4.39 Å². The fourth-order valence-corrected chi connectivity index (χ4v) is 1.78. The lowest BCUT2D eigenvalue weighted by atomic mass is 10.0. The third-order valence-corrected chi connectivity index (χ3v) is 2.73. The molecule has 0 radical (unpaired) electrons. The number of amides is 1. The molecule has 0 aromatic heterocycles. The first-order chi connectivity index (χ1) is 9.88. The Bertz CT molecular complexity index is 490. The summed E-state index contributed by atoms with van der Waals surface area (Å²) in [5.74, 6) is -1.38. The van der Waals surface area contributed by atoms with Crippen molar-refractivity contribution in [2.24, 2.45) is 5.92 Å². The second-order valence-corrected chi connectivity index (χ2v) is 5.14. The first kappa shape index (κ1) is 16.9. The van der Waals surface area contributed by atoms with E-state index in [4.69, 9.17) is 9.84 Å². The van der Waals surface area contributed by atoms with Crippen molar-refractivity contribution in [3.05, 3.63) is 30.1 Å². The number of carboxylic acid groups (broad SMARTS) is 1. The van der Waals surface area contributed by atoms with Crippen molar-refractivity contribution in [2.45, 2.75) is 32.7 Å². The van der Waals surface area contributed by atoms with Crippen molar-refractivity contribution >= 4 is 11.9 Å².